The molecule has 0 saturated heterocycles. The SMILES string of the molecule is Cn1cc(C=c2sc3n(c2=O)CCN=3)c2ccccc21. The van der Waals surface area contributed by atoms with E-state index in [0.29, 0.717) is 6.54 Å². The summed E-state index contributed by atoms with van der Waals surface area (Å²) in [5.74, 6) is 0. The fourth-order valence-electron chi connectivity index (χ4n) is 2.70. The third-order valence-corrected chi connectivity index (χ3v) is 4.72. The lowest BCUT2D eigenvalue weighted by Crippen LogP contribution is -2.29. The Hall–Kier alpha value is -2.14. The number of para-hydroxylation sites is 1. The van der Waals surface area contributed by atoms with Crippen LogP contribution < -0.4 is 14.9 Å². The number of fused-ring (bicyclic) bond motifs is 2. The number of hydrogen-bond donors (Lipinski definition) is 0. The van der Waals surface area contributed by atoms with Crippen LogP contribution in [-0.4, -0.2) is 15.7 Å². The van der Waals surface area contributed by atoms with E-state index in [1.165, 1.54) is 22.2 Å². The van der Waals surface area contributed by atoms with Crippen molar-refractivity contribution in [1.82, 2.24) is 9.13 Å². The third kappa shape index (κ3) is 1.59. The molecule has 3 aromatic rings. The van der Waals surface area contributed by atoms with Crippen molar-refractivity contribution in [3.63, 3.8) is 0 Å². The average molecular weight is 283 g/mol. The van der Waals surface area contributed by atoms with Crippen molar-refractivity contribution in [2.75, 3.05) is 6.54 Å². The zero-order valence-electron chi connectivity index (χ0n) is 11.0. The number of aromatic nitrogens is 2. The number of aryl methyl sites for hydroxylation is 1. The Balaban J connectivity index is 2.02. The molecule has 4 nitrogen and oxygen atoms in total. The molecule has 100 valence electrons. The molecule has 0 atom stereocenters. The lowest BCUT2D eigenvalue weighted by Gasteiger charge is -1.92. The molecular formula is C15H13N3OS. The van der Waals surface area contributed by atoms with Gasteiger partial charge in [-0.2, -0.15) is 0 Å². The van der Waals surface area contributed by atoms with E-state index in [2.05, 4.69) is 27.9 Å². The predicted molar refractivity (Wildman–Crippen MR) is 80.7 cm³/mol. The van der Waals surface area contributed by atoms with E-state index >= 15 is 0 Å². The molecule has 5 heteroatoms. The van der Waals surface area contributed by atoms with E-state index in [1.807, 2.05) is 25.3 Å². The average Bonchev–Trinajstić information content (AvgIpc) is 3.10. The van der Waals surface area contributed by atoms with Crippen LogP contribution >= 0.6 is 11.3 Å². The molecule has 1 aromatic carbocycles. The Bertz CT molecular complexity index is 990. The Morgan fingerprint density at radius 1 is 1.35 bits per heavy atom. The van der Waals surface area contributed by atoms with Crippen LogP contribution in [0.15, 0.2) is 40.2 Å². The highest BCUT2D eigenvalue weighted by Gasteiger charge is 2.10. The maximum absolute atomic E-state index is 12.3. The Morgan fingerprint density at radius 3 is 3.05 bits per heavy atom. The Labute approximate surface area is 118 Å². The number of thiazole rings is 1. The van der Waals surface area contributed by atoms with Gasteiger partial charge in [-0.1, -0.05) is 29.5 Å². The number of benzene rings is 1. The van der Waals surface area contributed by atoms with Gasteiger partial charge in [0.05, 0.1) is 11.1 Å². The van der Waals surface area contributed by atoms with Crippen molar-refractivity contribution in [3.8, 4) is 0 Å². The Morgan fingerprint density at radius 2 is 2.20 bits per heavy atom. The van der Waals surface area contributed by atoms with Gasteiger partial charge in [-0.25, -0.2) is 0 Å². The Kier molecular flexibility index (Phi) is 2.44. The van der Waals surface area contributed by atoms with E-state index in [9.17, 15) is 4.79 Å². The fraction of sp³-hybridized carbons (Fsp3) is 0.200. The highest BCUT2D eigenvalue weighted by atomic mass is 32.1. The lowest BCUT2D eigenvalue weighted by atomic mass is 10.2. The van der Waals surface area contributed by atoms with Crippen LogP contribution in [0.3, 0.4) is 0 Å². The third-order valence-electron chi connectivity index (χ3n) is 3.67. The van der Waals surface area contributed by atoms with Crippen molar-refractivity contribution in [2.45, 2.75) is 6.54 Å². The molecule has 20 heavy (non-hydrogen) atoms. The molecule has 3 heterocycles. The van der Waals surface area contributed by atoms with E-state index in [4.69, 9.17) is 0 Å². The molecule has 1 aliphatic heterocycles. The van der Waals surface area contributed by atoms with E-state index < -0.39 is 0 Å². The minimum absolute atomic E-state index is 0.0826. The maximum atomic E-state index is 12.3. The normalized spacial score (nSPS) is 14.8. The predicted octanol–water partition coefficient (Wildman–Crippen LogP) is 0.863. The van der Waals surface area contributed by atoms with Gasteiger partial charge in [0, 0.05) is 36.3 Å². The van der Waals surface area contributed by atoms with Crippen LogP contribution in [0.5, 0.6) is 0 Å². The molecule has 1 aliphatic rings. The highest BCUT2D eigenvalue weighted by molar-refractivity contribution is 7.07. The second-order valence-corrected chi connectivity index (χ2v) is 5.95. The van der Waals surface area contributed by atoms with Crippen molar-refractivity contribution >= 4 is 28.3 Å². The zero-order valence-corrected chi connectivity index (χ0v) is 11.9. The summed E-state index contributed by atoms with van der Waals surface area (Å²) in [4.78, 5) is 17.5. The van der Waals surface area contributed by atoms with Crippen LogP contribution in [0.2, 0.25) is 0 Å². The van der Waals surface area contributed by atoms with Crippen molar-refractivity contribution in [3.05, 3.63) is 55.7 Å². The molecule has 0 amide bonds. The van der Waals surface area contributed by atoms with Crippen LogP contribution in [0, 0.1) is 0 Å². The van der Waals surface area contributed by atoms with Gasteiger partial charge in [0.15, 0.2) is 4.80 Å². The summed E-state index contributed by atoms with van der Waals surface area (Å²) in [5, 5.41) is 1.17. The molecule has 0 saturated carbocycles. The first-order chi connectivity index (χ1) is 9.74. The first-order valence-electron chi connectivity index (χ1n) is 6.54. The molecule has 0 fully saturated rings. The van der Waals surface area contributed by atoms with Crippen molar-refractivity contribution in [2.24, 2.45) is 12.0 Å². The number of rotatable bonds is 1. The van der Waals surface area contributed by atoms with E-state index in [1.54, 1.807) is 4.57 Å². The van der Waals surface area contributed by atoms with Crippen molar-refractivity contribution in [1.29, 1.82) is 0 Å². The highest BCUT2D eigenvalue weighted by Crippen LogP contribution is 2.20. The molecule has 2 aromatic heterocycles. The summed E-state index contributed by atoms with van der Waals surface area (Å²) < 4.78 is 4.62. The largest absolute Gasteiger partial charge is 0.350 e. The smallest absolute Gasteiger partial charge is 0.270 e. The van der Waals surface area contributed by atoms with Crippen LogP contribution in [-0.2, 0) is 13.6 Å². The summed E-state index contributed by atoms with van der Waals surface area (Å²) in [6.45, 7) is 1.45. The number of hydrogen-bond acceptors (Lipinski definition) is 3. The lowest BCUT2D eigenvalue weighted by molar-refractivity contribution is 0.740. The second-order valence-electron chi connectivity index (χ2n) is 4.94. The minimum Gasteiger partial charge on any atom is -0.350 e. The maximum Gasteiger partial charge on any atom is 0.270 e. The van der Waals surface area contributed by atoms with E-state index in [0.717, 1.165) is 21.4 Å². The van der Waals surface area contributed by atoms with E-state index in [-0.39, 0.29) is 5.56 Å². The first-order valence-corrected chi connectivity index (χ1v) is 7.35. The topological polar surface area (TPSA) is 39.3 Å². The monoisotopic (exact) mass is 283 g/mol. The summed E-state index contributed by atoms with van der Waals surface area (Å²) in [6.07, 6.45) is 4.05. The molecule has 0 radical (unpaired) electrons. The molecule has 0 bridgehead atoms. The first kappa shape index (κ1) is 11.7. The number of nitrogens with zero attached hydrogens (tertiary/aromatic N) is 3. The molecule has 0 N–H and O–H groups in total. The van der Waals surface area contributed by atoms with Crippen LogP contribution in [0.1, 0.15) is 5.56 Å². The van der Waals surface area contributed by atoms with Crippen LogP contribution in [0.4, 0.5) is 0 Å². The second kappa shape index (κ2) is 4.18. The zero-order chi connectivity index (χ0) is 13.7. The molecular weight excluding hydrogens is 270 g/mol. The molecule has 4 rings (SSSR count). The van der Waals surface area contributed by atoms with Gasteiger partial charge in [0.1, 0.15) is 0 Å². The van der Waals surface area contributed by atoms with Gasteiger partial charge in [-0.15, -0.1) is 0 Å². The summed E-state index contributed by atoms with van der Waals surface area (Å²) in [6, 6.07) is 8.23. The molecule has 0 spiro atoms. The summed E-state index contributed by atoms with van der Waals surface area (Å²) in [5.41, 5.74) is 2.34. The van der Waals surface area contributed by atoms with Gasteiger partial charge < -0.3 is 4.57 Å². The van der Waals surface area contributed by atoms with Gasteiger partial charge in [0.25, 0.3) is 5.56 Å². The van der Waals surface area contributed by atoms with Crippen LogP contribution in [0.25, 0.3) is 17.0 Å². The summed E-state index contributed by atoms with van der Waals surface area (Å²) in [7, 11) is 2.02. The van der Waals surface area contributed by atoms with Gasteiger partial charge >= 0.3 is 0 Å². The van der Waals surface area contributed by atoms with Gasteiger partial charge in [-0.3, -0.25) is 14.4 Å². The van der Waals surface area contributed by atoms with Gasteiger partial charge in [0.2, 0.25) is 0 Å². The quantitative estimate of drug-likeness (QED) is 0.653. The fourth-order valence-corrected chi connectivity index (χ4v) is 3.72. The standard InChI is InChI=1S/C15H13N3OS/c1-17-9-10(11-4-2-3-5-12(11)17)8-13-14(19)18-7-6-16-15(18)20-13/h2-5,8-9H,6-7H2,1H3. The molecule has 0 aliphatic carbocycles. The minimum atomic E-state index is 0.0826. The van der Waals surface area contributed by atoms with Crippen molar-refractivity contribution < 1.29 is 0 Å². The van der Waals surface area contributed by atoms with Gasteiger partial charge in [-0.05, 0) is 12.1 Å². The summed E-state index contributed by atoms with van der Waals surface area (Å²) >= 11 is 1.48. The molecule has 0 unspecified atom stereocenters.